The average Bonchev–Trinajstić information content (AvgIpc) is 3.33. The number of nitrogens with zero attached hydrogens (tertiary/aromatic N) is 4. The molecular formula is C17H16N4S. The molecule has 1 aliphatic rings. The van der Waals surface area contributed by atoms with Crippen molar-refractivity contribution in [1.82, 2.24) is 20.2 Å². The average molecular weight is 308 g/mol. The first kappa shape index (κ1) is 13.5. The number of hydrogen-bond donors (Lipinski definition) is 0. The first-order chi connectivity index (χ1) is 10.9. The third kappa shape index (κ3) is 2.76. The molecule has 5 heteroatoms. The van der Waals surface area contributed by atoms with Crippen molar-refractivity contribution in [2.75, 3.05) is 0 Å². The van der Waals surface area contributed by atoms with Crippen LogP contribution >= 0.6 is 11.8 Å². The molecule has 3 aromatic rings. The van der Waals surface area contributed by atoms with Crippen LogP contribution in [0.3, 0.4) is 0 Å². The lowest BCUT2D eigenvalue weighted by Crippen LogP contribution is -2.02. The van der Waals surface area contributed by atoms with Crippen LogP contribution in [0.2, 0.25) is 0 Å². The summed E-state index contributed by atoms with van der Waals surface area (Å²) in [4.78, 5) is 0. The minimum absolute atomic E-state index is 0.200. The van der Waals surface area contributed by atoms with E-state index >= 15 is 0 Å². The van der Waals surface area contributed by atoms with Crippen LogP contribution < -0.4 is 0 Å². The number of hydrogen-bond acceptors (Lipinski definition) is 4. The van der Waals surface area contributed by atoms with Gasteiger partial charge in [-0.2, -0.15) is 0 Å². The van der Waals surface area contributed by atoms with E-state index in [0.717, 1.165) is 5.16 Å². The highest BCUT2D eigenvalue weighted by Gasteiger charge is 2.29. The van der Waals surface area contributed by atoms with Gasteiger partial charge in [-0.05, 0) is 34.4 Å². The molecular weight excluding hydrogens is 292 g/mol. The fourth-order valence-corrected chi connectivity index (χ4v) is 3.68. The van der Waals surface area contributed by atoms with Crippen molar-refractivity contribution in [3.8, 4) is 0 Å². The molecule has 0 aliphatic heterocycles. The van der Waals surface area contributed by atoms with Crippen LogP contribution in [0.4, 0.5) is 0 Å². The zero-order valence-corrected chi connectivity index (χ0v) is 12.9. The van der Waals surface area contributed by atoms with Crippen molar-refractivity contribution in [3.63, 3.8) is 0 Å². The normalized spacial score (nSPS) is 14.4. The second-order valence-electron chi connectivity index (χ2n) is 5.46. The molecule has 4 nitrogen and oxygen atoms in total. The van der Waals surface area contributed by atoms with Gasteiger partial charge in [0.15, 0.2) is 0 Å². The Morgan fingerprint density at radius 1 is 0.909 bits per heavy atom. The fraction of sp³-hybridized carbons (Fsp3) is 0.235. The summed E-state index contributed by atoms with van der Waals surface area (Å²) in [5.41, 5.74) is 2.54. The van der Waals surface area contributed by atoms with E-state index in [1.807, 2.05) is 16.8 Å². The highest BCUT2D eigenvalue weighted by molar-refractivity contribution is 7.99. The zero-order valence-electron chi connectivity index (χ0n) is 12.0. The van der Waals surface area contributed by atoms with Crippen molar-refractivity contribution >= 4 is 11.8 Å². The van der Waals surface area contributed by atoms with Gasteiger partial charge in [-0.1, -0.05) is 72.4 Å². The van der Waals surface area contributed by atoms with Gasteiger partial charge in [0.2, 0.25) is 5.16 Å². The molecule has 0 bridgehead atoms. The molecule has 0 saturated heterocycles. The van der Waals surface area contributed by atoms with Gasteiger partial charge in [-0.15, -0.1) is 5.10 Å². The molecule has 1 heterocycles. The van der Waals surface area contributed by atoms with Gasteiger partial charge in [-0.3, -0.25) is 0 Å². The largest absolute Gasteiger partial charge is 0.217 e. The summed E-state index contributed by atoms with van der Waals surface area (Å²) in [5, 5.41) is 13.4. The second-order valence-corrected chi connectivity index (χ2v) is 6.53. The maximum atomic E-state index is 4.23. The number of rotatable bonds is 5. The molecule has 2 aromatic carbocycles. The highest BCUT2D eigenvalue weighted by atomic mass is 32.2. The van der Waals surface area contributed by atoms with E-state index in [1.54, 1.807) is 11.8 Å². The van der Waals surface area contributed by atoms with Crippen LogP contribution in [0.5, 0.6) is 0 Å². The minimum Gasteiger partial charge on any atom is -0.217 e. The van der Waals surface area contributed by atoms with Gasteiger partial charge in [-0.25, -0.2) is 4.68 Å². The van der Waals surface area contributed by atoms with E-state index in [0.29, 0.717) is 6.04 Å². The summed E-state index contributed by atoms with van der Waals surface area (Å²) in [6.07, 6.45) is 2.36. The van der Waals surface area contributed by atoms with Crippen LogP contribution in [0.1, 0.15) is 35.3 Å². The minimum atomic E-state index is 0.200. The quantitative estimate of drug-likeness (QED) is 0.671. The molecule has 4 rings (SSSR count). The Morgan fingerprint density at radius 2 is 1.50 bits per heavy atom. The van der Waals surface area contributed by atoms with E-state index in [4.69, 9.17) is 0 Å². The lowest BCUT2D eigenvalue weighted by Gasteiger charge is -2.17. The molecule has 0 atom stereocenters. The Hall–Kier alpha value is -2.14. The number of benzene rings is 2. The van der Waals surface area contributed by atoms with Crippen LogP contribution in [-0.4, -0.2) is 20.2 Å². The maximum Gasteiger partial charge on any atom is 0.210 e. The number of aromatic nitrogens is 4. The molecule has 110 valence electrons. The summed E-state index contributed by atoms with van der Waals surface area (Å²) in [6, 6.07) is 21.5. The van der Waals surface area contributed by atoms with Crippen LogP contribution in [0, 0.1) is 0 Å². The van der Waals surface area contributed by atoms with Crippen molar-refractivity contribution in [2.45, 2.75) is 29.3 Å². The Balaban J connectivity index is 1.70. The molecule has 0 N–H and O–H groups in total. The van der Waals surface area contributed by atoms with Crippen molar-refractivity contribution in [1.29, 1.82) is 0 Å². The van der Waals surface area contributed by atoms with Gasteiger partial charge in [0.05, 0.1) is 11.3 Å². The molecule has 1 aromatic heterocycles. The molecule has 22 heavy (non-hydrogen) atoms. The van der Waals surface area contributed by atoms with E-state index in [1.165, 1.54) is 24.0 Å². The second kappa shape index (κ2) is 5.93. The predicted octanol–water partition coefficient (Wildman–Crippen LogP) is 3.89. The summed E-state index contributed by atoms with van der Waals surface area (Å²) >= 11 is 1.72. The Morgan fingerprint density at radius 3 is 2.05 bits per heavy atom. The van der Waals surface area contributed by atoms with Crippen LogP contribution in [-0.2, 0) is 0 Å². The lowest BCUT2D eigenvalue weighted by molar-refractivity contribution is 0.565. The van der Waals surface area contributed by atoms with Gasteiger partial charge < -0.3 is 0 Å². The van der Waals surface area contributed by atoms with E-state index in [-0.39, 0.29) is 5.25 Å². The summed E-state index contributed by atoms with van der Waals surface area (Å²) in [5.74, 6) is 0. The lowest BCUT2D eigenvalue weighted by atomic mass is 10.0. The fourth-order valence-electron chi connectivity index (χ4n) is 2.50. The van der Waals surface area contributed by atoms with Crippen LogP contribution in [0.15, 0.2) is 65.8 Å². The third-order valence-corrected chi connectivity index (χ3v) is 5.04. The summed E-state index contributed by atoms with van der Waals surface area (Å²) in [7, 11) is 0. The molecule has 0 unspecified atom stereocenters. The van der Waals surface area contributed by atoms with Gasteiger partial charge in [0.25, 0.3) is 0 Å². The van der Waals surface area contributed by atoms with E-state index in [2.05, 4.69) is 64.1 Å². The van der Waals surface area contributed by atoms with Gasteiger partial charge in [0, 0.05) is 0 Å². The van der Waals surface area contributed by atoms with E-state index in [9.17, 15) is 0 Å². The van der Waals surface area contributed by atoms with Crippen molar-refractivity contribution < 1.29 is 0 Å². The topological polar surface area (TPSA) is 43.6 Å². The SMILES string of the molecule is c1ccc(C(Sc2nnnn2C2CC2)c2ccccc2)cc1. The van der Waals surface area contributed by atoms with E-state index < -0.39 is 0 Å². The molecule has 1 fully saturated rings. The summed E-state index contributed by atoms with van der Waals surface area (Å²) in [6.45, 7) is 0. The standard InChI is InChI=1S/C17H16N4S/c1-3-7-13(8-4-1)16(14-9-5-2-6-10-14)22-17-18-19-20-21(17)15-11-12-15/h1-10,15-16H,11-12H2. The molecule has 1 saturated carbocycles. The highest BCUT2D eigenvalue weighted by Crippen LogP contribution is 2.42. The first-order valence-electron chi connectivity index (χ1n) is 7.46. The van der Waals surface area contributed by atoms with Gasteiger partial charge >= 0.3 is 0 Å². The smallest absolute Gasteiger partial charge is 0.210 e. The number of tetrazole rings is 1. The van der Waals surface area contributed by atoms with Gasteiger partial charge in [0.1, 0.15) is 0 Å². The number of thioether (sulfide) groups is 1. The van der Waals surface area contributed by atoms with Crippen molar-refractivity contribution in [2.24, 2.45) is 0 Å². The third-order valence-electron chi connectivity index (χ3n) is 3.78. The summed E-state index contributed by atoms with van der Waals surface area (Å²) < 4.78 is 1.98. The molecule has 0 spiro atoms. The molecule has 1 aliphatic carbocycles. The Labute approximate surface area is 133 Å². The Bertz CT molecular complexity index is 698. The van der Waals surface area contributed by atoms with Crippen molar-refractivity contribution in [3.05, 3.63) is 71.8 Å². The first-order valence-corrected chi connectivity index (χ1v) is 8.34. The molecule has 0 radical (unpaired) electrons. The zero-order chi connectivity index (χ0) is 14.8. The maximum absolute atomic E-state index is 4.23. The monoisotopic (exact) mass is 308 g/mol. The van der Waals surface area contributed by atoms with Crippen LogP contribution in [0.25, 0.3) is 0 Å². The molecule has 0 amide bonds. The Kier molecular flexibility index (Phi) is 3.64. The predicted molar refractivity (Wildman–Crippen MR) is 86.7 cm³/mol.